The molecule has 4 heteroatoms. The molecule has 0 amide bonds. The summed E-state index contributed by atoms with van der Waals surface area (Å²) in [6, 6.07) is 0. The molecule has 0 bridgehead atoms. The van der Waals surface area contributed by atoms with Crippen molar-refractivity contribution in [2.24, 2.45) is 5.11 Å². The van der Waals surface area contributed by atoms with Gasteiger partial charge in [-0.3, -0.25) is 0 Å². The van der Waals surface area contributed by atoms with Crippen molar-refractivity contribution in [2.75, 3.05) is 19.8 Å². The van der Waals surface area contributed by atoms with Crippen LogP contribution in [0.4, 0.5) is 0 Å². The first-order valence-electron chi connectivity index (χ1n) is 5.32. The van der Waals surface area contributed by atoms with Crippen molar-refractivity contribution in [3.8, 4) is 0 Å². The number of ether oxygens (including phenoxy) is 1. The van der Waals surface area contributed by atoms with Gasteiger partial charge in [0.25, 0.3) is 0 Å². The second kappa shape index (κ2) is 12.8. The van der Waals surface area contributed by atoms with E-state index in [9.17, 15) is 0 Å². The summed E-state index contributed by atoms with van der Waals surface area (Å²) in [6.45, 7) is 4.20. The lowest BCUT2D eigenvalue weighted by Crippen LogP contribution is -1.94. The molecule has 84 valence electrons. The average molecular weight is 209 g/mol. The lowest BCUT2D eigenvalue weighted by molar-refractivity contribution is 0.136. The van der Waals surface area contributed by atoms with Crippen molar-refractivity contribution < 1.29 is 4.74 Å². The van der Waals surface area contributed by atoms with Gasteiger partial charge in [0, 0.05) is 18.1 Å². The molecule has 0 saturated heterocycles. The van der Waals surface area contributed by atoms with Gasteiger partial charge in [-0.25, -0.2) is 0 Å². The molecule has 0 unspecified atom stereocenters. The van der Waals surface area contributed by atoms with E-state index in [-0.39, 0.29) is 0 Å². The Kier molecular flexibility index (Phi) is 11.7. The molecule has 0 saturated carbocycles. The van der Waals surface area contributed by atoms with Gasteiger partial charge in [-0.2, -0.15) is 0 Å². The Hall–Kier alpha value is -1.25. The maximum Gasteiger partial charge on any atom is 0.0500 e. The first-order chi connectivity index (χ1) is 7.41. The van der Waals surface area contributed by atoms with Crippen LogP contribution in [0.2, 0.25) is 0 Å². The predicted molar refractivity (Wildman–Crippen MR) is 62.6 cm³/mol. The summed E-state index contributed by atoms with van der Waals surface area (Å²) >= 11 is 0. The highest BCUT2D eigenvalue weighted by atomic mass is 16.5. The zero-order chi connectivity index (χ0) is 11.2. The molecule has 0 atom stereocenters. The molecule has 0 heterocycles. The highest BCUT2D eigenvalue weighted by Gasteiger charge is 1.84. The second-order valence-electron chi connectivity index (χ2n) is 3.02. The first-order valence-corrected chi connectivity index (χ1v) is 5.32. The molecule has 0 aromatic rings. The third kappa shape index (κ3) is 12.8. The first kappa shape index (κ1) is 13.8. The molecule has 0 aliphatic carbocycles. The number of rotatable bonds is 9. The van der Waals surface area contributed by atoms with E-state index in [1.807, 2.05) is 24.3 Å². The monoisotopic (exact) mass is 209 g/mol. The summed E-state index contributed by atoms with van der Waals surface area (Å²) < 4.78 is 5.38. The molecule has 0 aliphatic heterocycles. The zero-order valence-corrected chi connectivity index (χ0v) is 9.30. The minimum Gasteiger partial charge on any atom is -0.381 e. The highest BCUT2D eigenvalue weighted by molar-refractivity contribution is 5.03. The Bertz CT molecular complexity index is 230. The Labute approximate surface area is 91.3 Å². The lowest BCUT2D eigenvalue weighted by atomic mass is 10.3. The molecule has 4 nitrogen and oxygen atoms in total. The fourth-order valence-corrected chi connectivity index (χ4v) is 0.898. The van der Waals surface area contributed by atoms with Gasteiger partial charge in [-0.15, -0.1) is 0 Å². The van der Waals surface area contributed by atoms with Crippen LogP contribution >= 0.6 is 0 Å². The van der Waals surface area contributed by atoms with Gasteiger partial charge in [0.05, 0.1) is 6.61 Å². The Morgan fingerprint density at radius 1 is 1.27 bits per heavy atom. The van der Waals surface area contributed by atoms with Gasteiger partial charge in [0.2, 0.25) is 0 Å². The topological polar surface area (TPSA) is 58.0 Å². The van der Waals surface area contributed by atoms with E-state index in [4.69, 9.17) is 10.3 Å². The van der Waals surface area contributed by atoms with Crippen LogP contribution in [0.1, 0.15) is 26.2 Å². The van der Waals surface area contributed by atoms with Crippen molar-refractivity contribution in [3.63, 3.8) is 0 Å². The average Bonchev–Trinajstić information content (AvgIpc) is 2.26. The zero-order valence-electron chi connectivity index (χ0n) is 9.30. The molecule has 0 rings (SSSR count). The molecular weight excluding hydrogens is 190 g/mol. The predicted octanol–water partition coefficient (Wildman–Crippen LogP) is 3.62. The Morgan fingerprint density at radius 3 is 2.80 bits per heavy atom. The van der Waals surface area contributed by atoms with Gasteiger partial charge in [-0.05, 0) is 18.4 Å². The Morgan fingerprint density at radius 2 is 2.07 bits per heavy atom. The molecule has 0 aromatic carbocycles. The van der Waals surface area contributed by atoms with Crippen molar-refractivity contribution in [2.45, 2.75) is 26.2 Å². The number of unbranched alkanes of at least 4 members (excludes halogenated alkanes) is 1. The van der Waals surface area contributed by atoms with Crippen LogP contribution in [0.25, 0.3) is 10.4 Å². The van der Waals surface area contributed by atoms with Gasteiger partial charge < -0.3 is 4.74 Å². The summed E-state index contributed by atoms with van der Waals surface area (Å²) in [5.74, 6) is 0. The van der Waals surface area contributed by atoms with E-state index in [0.717, 1.165) is 26.1 Å². The van der Waals surface area contributed by atoms with Crippen LogP contribution in [0.3, 0.4) is 0 Å². The van der Waals surface area contributed by atoms with E-state index in [0.29, 0.717) is 6.54 Å². The van der Waals surface area contributed by atoms with Crippen LogP contribution < -0.4 is 0 Å². The van der Waals surface area contributed by atoms with E-state index < -0.39 is 0 Å². The van der Waals surface area contributed by atoms with E-state index in [1.54, 1.807) is 0 Å². The summed E-state index contributed by atoms with van der Waals surface area (Å²) in [4.78, 5) is 2.64. The van der Waals surface area contributed by atoms with E-state index >= 15 is 0 Å². The molecule has 0 N–H and O–H groups in total. The van der Waals surface area contributed by atoms with Crippen LogP contribution in [0, 0.1) is 0 Å². The molecule has 0 fully saturated rings. The van der Waals surface area contributed by atoms with Crippen molar-refractivity contribution in [3.05, 3.63) is 34.7 Å². The quantitative estimate of drug-likeness (QED) is 0.188. The summed E-state index contributed by atoms with van der Waals surface area (Å²) in [7, 11) is 0. The number of hydrogen-bond donors (Lipinski definition) is 0. The van der Waals surface area contributed by atoms with Crippen molar-refractivity contribution in [1.82, 2.24) is 0 Å². The fraction of sp³-hybridized carbons (Fsp3) is 0.636. The van der Waals surface area contributed by atoms with Crippen LogP contribution in [0.15, 0.2) is 29.4 Å². The minimum atomic E-state index is 0.411. The van der Waals surface area contributed by atoms with Gasteiger partial charge >= 0.3 is 0 Å². The molecular formula is C11H19N3O. The second-order valence-corrected chi connectivity index (χ2v) is 3.02. The summed E-state index contributed by atoms with van der Waals surface area (Å²) in [6.07, 6.45) is 10.9. The molecule has 0 radical (unpaired) electrons. The van der Waals surface area contributed by atoms with Crippen LogP contribution in [-0.4, -0.2) is 19.8 Å². The number of nitrogens with zero attached hydrogens (tertiary/aromatic N) is 3. The van der Waals surface area contributed by atoms with Gasteiger partial charge in [-0.1, -0.05) is 42.8 Å². The number of allylic oxidation sites excluding steroid dienone is 2. The maximum atomic E-state index is 8.00. The summed E-state index contributed by atoms with van der Waals surface area (Å²) in [5.41, 5.74) is 8.00. The van der Waals surface area contributed by atoms with E-state index in [2.05, 4.69) is 16.9 Å². The third-order valence-electron chi connectivity index (χ3n) is 1.70. The van der Waals surface area contributed by atoms with Crippen molar-refractivity contribution >= 4 is 0 Å². The standard InChI is InChI=1S/C11H19N3O/c1-2-3-10-15-11-8-6-4-5-7-9-13-14-12/h4-7H,2-3,8-11H2,1H3. The molecule has 15 heavy (non-hydrogen) atoms. The lowest BCUT2D eigenvalue weighted by Gasteiger charge is -1.98. The van der Waals surface area contributed by atoms with Crippen molar-refractivity contribution in [1.29, 1.82) is 0 Å². The smallest absolute Gasteiger partial charge is 0.0500 e. The highest BCUT2D eigenvalue weighted by Crippen LogP contribution is 1.91. The van der Waals surface area contributed by atoms with E-state index in [1.165, 1.54) is 6.42 Å². The van der Waals surface area contributed by atoms with Crippen LogP contribution in [0.5, 0.6) is 0 Å². The third-order valence-corrected chi connectivity index (χ3v) is 1.70. The minimum absolute atomic E-state index is 0.411. The number of hydrogen-bond acceptors (Lipinski definition) is 2. The van der Waals surface area contributed by atoms with Gasteiger partial charge in [0.15, 0.2) is 0 Å². The molecule has 0 aromatic heterocycles. The fourth-order valence-electron chi connectivity index (χ4n) is 0.898. The maximum absolute atomic E-state index is 8.00. The summed E-state index contributed by atoms with van der Waals surface area (Å²) in [5, 5.41) is 3.37. The molecule has 0 aliphatic rings. The van der Waals surface area contributed by atoms with Gasteiger partial charge in [0.1, 0.15) is 0 Å². The SMILES string of the molecule is CCCCOCCC=CC=CCN=[N+]=[N-]. The largest absolute Gasteiger partial charge is 0.381 e. The normalized spacial score (nSPS) is 11.0. The Balaban J connectivity index is 3.23. The molecule has 0 spiro atoms. The van der Waals surface area contributed by atoms with Crippen LogP contribution in [-0.2, 0) is 4.74 Å². The number of azide groups is 1.